The van der Waals surface area contributed by atoms with Gasteiger partial charge in [0, 0.05) is 38.5 Å². The third kappa shape index (κ3) is 6.69. The van der Waals surface area contributed by atoms with Crippen LogP contribution < -0.4 is 0 Å². The molecule has 1 aliphatic heterocycles. The number of rotatable bonds is 11. The second-order valence-corrected chi connectivity index (χ2v) is 7.78. The largest absolute Gasteiger partial charge is 0.469 e. The Morgan fingerprint density at radius 3 is 2.53 bits per heavy atom. The molecule has 178 valence electrons. The van der Waals surface area contributed by atoms with Crippen molar-refractivity contribution in [1.82, 2.24) is 9.80 Å². The zero-order chi connectivity index (χ0) is 23.9. The Labute approximate surface area is 184 Å². The molecule has 0 aliphatic carbocycles. The van der Waals surface area contributed by atoms with Crippen molar-refractivity contribution in [1.29, 1.82) is 0 Å². The highest BCUT2D eigenvalue weighted by atomic mass is 19.3. The molecule has 0 aromatic heterocycles. The Hall–Kier alpha value is -2.62. The summed E-state index contributed by atoms with van der Waals surface area (Å²) in [6.45, 7) is 0.162. The molecule has 6 nitrogen and oxygen atoms in total. The minimum Gasteiger partial charge on any atom is -0.469 e. The number of nitrogens with zero attached hydrogens (tertiary/aromatic N) is 2. The number of halogens is 4. The smallest absolute Gasteiger partial charge is 0.320 e. The SMILES string of the molecule is COC(=O)CCC(F)(F)CCCN1C(=O)N(C)C[C@@H]1/C=C/C(O)C(F)(F)c1ccccc1. The van der Waals surface area contributed by atoms with Gasteiger partial charge in [-0.1, -0.05) is 42.5 Å². The molecule has 1 aromatic carbocycles. The lowest BCUT2D eigenvalue weighted by molar-refractivity contribution is -0.143. The van der Waals surface area contributed by atoms with E-state index in [1.165, 1.54) is 47.2 Å². The van der Waals surface area contributed by atoms with E-state index in [2.05, 4.69) is 4.74 Å². The fourth-order valence-corrected chi connectivity index (χ4v) is 3.45. The van der Waals surface area contributed by atoms with E-state index in [1.54, 1.807) is 6.07 Å². The number of esters is 1. The van der Waals surface area contributed by atoms with Crippen LogP contribution in [0.1, 0.15) is 31.2 Å². The summed E-state index contributed by atoms with van der Waals surface area (Å²) in [6, 6.07) is 5.81. The summed E-state index contributed by atoms with van der Waals surface area (Å²) in [5.74, 6) is -7.35. The van der Waals surface area contributed by atoms with Crippen LogP contribution in [0.3, 0.4) is 0 Å². The van der Waals surface area contributed by atoms with Gasteiger partial charge in [-0.05, 0) is 6.42 Å². The molecule has 1 fully saturated rings. The Bertz CT molecular complexity index is 804. The van der Waals surface area contributed by atoms with E-state index in [4.69, 9.17) is 0 Å². The average molecular weight is 460 g/mol. The van der Waals surface area contributed by atoms with Crippen LogP contribution in [-0.4, -0.2) is 72.2 Å². The van der Waals surface area contributed by atoms with Crippen molar-refractivity contribution in [3.63, 3.8) is 0 Å². The first-order valence-electron chi connectivity index (χ1n) is 10.2. The van der Waals surface area contributed by atoms with Crippen molar-refractivity contribution in [3.05, 3.63) is 48.0 Å². The average Bonchev–Trinajstić information content (AvgIpc) is 3.04. The Morgan fingerprint density at radius 1 is 1.25 bits per heavy atom. The predicted molar refractivity (Wildman–Crippen MR) is 109 cm³/mol. The normalized spacial score (nSPS) is 18.5. The van der Waals surface area contributed by atoms with Gasteiger partial charge < -0.3 is 19.6 Å². The molecule has 0 saturated carbocycles. The third-order valence-electron chi connectivity index (χ3n) is 5.34. The number of urea groups is 1. The lowest BCUT2D eigenvalue weighted by atomic mass is 10.0. The van der Waals surface area contributed by atoms with Crippen LogP contribution in [0.15, 0.2) is 42.5 Å². The highest BCUT2D eigenvalue weighted by molar-refractivity contribution is 5.77. The molecule has 2 atom stereocenters. The molecule has 1 unspecified atom stereocenters. The van der Waals surface area contributed by atoms with Gasteiger partial charge in [-0.25, -0.2) is 13.6 Å². The molecule has 1 N–H and O–H groups in total. The van der Waals surface area contributed by atoms with Gasteiger partial charge in [0.2, 0.25) is 5.92 Å². The van der Waals surface area contributed by atoms with Gasteiger partial charge in [-0.3, -0.25) is 4.79 Å². The number of carbonyl (C=O) groups excluding carboxylic acids is 2. The van der Waals surface area contributed by atoms with Gasteiger partial charge in [0.05, 0.1) is 19.6 Å². The fourth-order valence-electron chi connectivity index (χ4n) is 3.45. The molecule has 2 amide bonds. The van der Waals surface area contributed by atoms with Crippen LogP contribution in [0, 0.1) is 0 Å². The first-order valence-corrected chi connectivity index (χ1v) is 10.2. The van der Waals surface area contributed by atoms with Crippen molar-refractivity contribution in [2.75, 3.05) is 27.2 Å². The van der Waals surface area contributed by atoms with Crippen molar-refractivity contribution >= 4 is 12.0 Å². The van der Waals surface area contributed by atoms with Gasteiger partial charge in [0.25, 0.3) is 0 Å². The molecule has 1 heterocycles. The van der Waals surface area contributed by atoms with Crippen LogP contribution in [0.4, 0.5) is 22.4 Å². The maximum absolute atomic E-state index is 14.5. The highest BCUT2D eigenvalue weighted by Crippen LogP contribution is 2.33. The number of ether oxygens (including phenoxy) is 1. The number of likely N-dealkylation sites (N-methyl/N-ethyl adjacent to an activating group) is 1. The minimum atomic E-state index is -3.53. The van der Waals surface area contributed by atoms with Crippen molar-refractivity contribution in [2.45, 2.75) is 49.7 Å². The van der Waals surface area contributed by atoms with E-state index in [1.807, 2.05) is 0 Å². The maximum atomic E-state index is 14.5. The maximum Gasteiger partial charge on any atom is 0.320 e. The number of amides is 2. The Morgan fingerprint density at radius 2 is 1.91 bits per heavy atom. The number of carbonyl (C=O) groups is 2. The molecule has 0 spiro atoms. The molecule has 10 heteroatoms. The molecule has 32 heavy (non-hydrogen) atoms. The van der Waals surface area contributed by atoms with Crippen LogP contribution in [0.2, 0.25) is 0 Å². The number of aliphatic hydroxyl groups is 1. The molecular formula is C22H28F4N2O4. The third-order valence-corrected chi connectivity index (χ3v) is 5.34. The van der Waals surface area contributed by atoms with E-state index in [0.29, 0.717) is 0 Å². The number of alkyl halides is 4. The zero-order valence-electron chi connectivity index (χ0n) is 18.0. The number of aliphatic hydroxyl groups excluding tert-OH is 1. The summed E-state index contributed by atoms with van der Waals surface area (Å²) < 4.78 is 61.2. The zero-order valence-corrected chi connectivity index (χ0v) is 18.0. The molecule has 1 aliphatic rings. The molecule has 1 aromatic rings. The standard InChI is InChI=1S/C22H28F4N2O4/c1-27-15-17(9-10-18(29)22(25,26)16-7-4-3-5-8-16)28(20(27)31)14-6-12-21(23,24)13-11-19(30)32-2/h3-5,7-10,17-18,29H,6,11-15H2,1-2H3/b10-9+/t17-,18?/m0/s1. The topological polar surface area (TPSA) is 70.1 Å². The number of hydrogen-bond acceptors (Lipinski definition) is 4. The van der Waals surface area contributed by atoms with E-state index in [9.17, 15) is 32.3 Å². The summed E-state index contributed by atoms with van der Waals surface area (Å²) in [6.07, 6.45) is -1.52. The number of methoxy groups -OCH3 is 1. The van der Waals surface area contributed by atoms with E-state index < -0.39 is 55.3 Å². The first-order chi connectivity index (χ1) is 15.0. The van der Waals surface area contributed by atoms with E-state index in [0.717, 1.165) is 13.2 Å². The summed E-state index contributed by atoms with van der Waals surface area (Å²) in [5.41, 5.74) is -0.345. The van der Waals surface area contributed by atoms with Crippen LogP contribution in [0.5, 0.6) is 0 Å². The van der Waals surface area contributed by atoms with Gasteiger partial charge >= 0.3 is 17.9 Å². The molecular weight excluding hydrogens is 432 g/mol. The van der Waals surface area contributed by atoms with Crippen LogP contribution >= 0.6 is 0 Å². The molecule has 2 rings (SSSR count). The second kappa shape index (κ2) is 10.8. The second-order valence-electron chi connectivity index (χ2n) is 7.78. The quantitative estimate of drug-likeness (QED) is 0.310. The molecule has 1 saturated heterocycles. The van der Waals surface area contributed by atoms with E-state index >= 15 is 0 Å². The van der Waals surface area contributed by atoms with Crippen molar-refractivity contribution in [3.8, 4) is 0 Å². The van der Waals surface area contributed by atoms with Gasteiger partial charge in [-0.2, -0.15) is 8.78 Å². The minimum absolute atomic E-state index is 0.0167. The number of hydrogen-bond donors (Lipinski definition) is 1. The lowest BCUT2D eigenvalue weighted by Crippen LogP contribution is -2.36. The lowest BCUT2D eigenvalue weighted by Gasteiger charge is -2.24. The predicted octanol–water partition coefficient (Wildman–Crippen LogP) is 3.80. The monoisotopic (exact) mass is 460 g/mol. The molecule has 0 bridgehead atoms. The summed E-state index contributed by atoms with van der Waals surface area (Å²) in [5, 5.41) is 10.0. The Balaban J connectivity index is 1.97. The highest BCUT2D eigenvalue weighted by Gasteiger charge is 2.40. The van der Waals surface area contributed by atoms with Gasteiger partial charge in [-0.15, -0.1) is 0 Å². The number of benzene rings is 1. The first kappa shape index (κ1) is 25.6. The summed E-state index contributed by atoms with van der Waals surface area (Å²) in [4.78, 5) is 26.1. The van der Waals surface area contributed by atoms with Gasteiger partial charge in [0.15, 0.2) is 0 Å². The van der Waals surface area contributed by atoms with Crippen molar-refractivity contribution < 1.29 is 37.0 Å². The summed E-state index contributed by atoms with van der Waals surface area (Å²) in [7, 11) is 2.64. The summed E-state index contributed by atoms with van der Waals surface area (Å²) >= 11 is 0. The van der Waals surface area contributed by atoms with Gasteiger partial charge in [0.1, 0.15) is 6.10 Å². The van der Waals surface area contributed by atoms with E-state index in [-0.39, 0.29) is 25.1 Å². The van der Waals surface area contributed by atoms with Crippen LogP contribution in [0.25, 0.3) is 0 Å². The molecule has 0 radical (unpaired) electrons. The fraction of sp³-hybridized carbons (Fsp3) is 0.545. The van der Waals surface area contributed by atoms with Crippen molar-refractivity contribution in [2.24, 2.45) is 0 Å². The Kier molecular flexibility index (Phi) is 8.65. The van der Waals surface area contributed by atoms with Crippen LogP contribution in [-0.2, 0) is 15.5 Å².